The molecule has 0 atom stereocenters. The van der Waals surface area contributed by atoms with Crippen molar-refractivity contribution in [1.82, 2.24) is 0 Å². The molecule has 0 bridgehead atoms. The van der Waals surface area contributed by atoms with Crippen LogP contribution in [0.25, 0.3) is 0 Å². The van der Waals surface area contributed by atoms with Crippen LogP contribution in [-0.2, 0) is 0 Å². The Morgan fingerprint density at radius 2 is 1.86 bits per heavy atom. The van der Waals surface area contributed by atoms with Gasteiger partial charge in [-0.15, -0.1) is 0 Å². The molecule has 1 aliphatic heterocycles. The van der Waals surface area contributed by atoms with Crippen LogP contribution in [0.1, 0.15) is 10.4 Å². The van der Waals surface area contributed by atoms with Gasteiger partial charge in [0.15, 0.2) is 11.5 Å². The molecule has 0 spiro atoms. The highest BCUT2D eigenvalue weighted by Gasteiger charge is 2.14. The fourth-order valence-corrected chi connectivity index (χ4v) is 2.22. The van der Waals surface area contributed by atoms with Gasteiger partial charge in [0.1, 0.15) is 19.0 Å². The summed E-state index contributed by atoms with van der Waals surface area (Å²) < 4.78 is 11.4. The van der Waals surface area contributed by atoms with Gasteiger partial charge in [0, 0.05) is 17.3 Å². The molecule has 0 radical (unpaired) electrons. The molecule has 0 saturated heterocycles. The van der Waals surface area contributed by atoms with Gasteiger partial charge in [0.05, 0.1) is 4.47 Å². The third-order valence-electron chi connectivity index (χ3n) is 3.01. The largest absolute Gasteiger partial charge is 0.507 e. The molecule has 1 amide bonds. The number of phenolic OH excluding ortho intramolecular Hbond substituents is 1. The van der Waals surface area contributed by atoms with E-state index in [4.69, 9.17) is 9.47 Å². The number of aromatic hydroxyl groups is 1. The molecule has 21 heavy (non-hydrogen) atoms. The van der Waals surface area contributed by atoms with E-state index in [1.165, 1.54) is 6.07 Å². The Labute approximate surface area is 129 Å². The molecule has 1 heterocycles. The Hall–Kier alpha value is -2.21. The molecule has 2 aromatic carbocycles. The Bertz CT molecular complexity index is 702. The molecule has 0 fully saturated rings. The number of halogens is 1. The van der Waals surface area contributed by atoms with Gasteiger partial charge >= 0.3 is 0 Å². The second-order valence-corrected chi connectivity index (χ2v) is 5.33. The minimum atomic E-state index is -0.311. The fourth-order valence-electron chi connectivity index (χ4n) is 1.98. The van der Waals surface area contributed by atoms with Crippen LogP contribution in [0.2, 0.25) is 0 Å². The van der Waals surface area contributed by atoms with Crippen LogP contribution in [0.5, 0.6) is 17.2 Å². The highest BCUT2D eigenvalue weighted by Crippen LogP contribution is 2.33. The van der Waals surface area contributed by atoms with Crippen LogP contribution in [0, 0.1) is 0 Å². The second kappa shape index (κ2) is 5.65. The van der Waals surface area contributed by atoms with E-state index in [-0.39, 0.29) is 11.7 Å². The van der Waals surface area contributed by atoms with Crippen molar-refractivity contribution in [2.75, 3.05) is 18.5 Å². The third-order valence-corrected chi connectivity index (χ3v) is 3.68. The van der Waals surface area contributed by atoms with Crippen LogP contribution < -0.4 is 14.8 Å². The van der Waals surface area contributed by atoms with Gasteiger partial charge in [-0.05, 0) is 46.3 Å². The number of anilines is 1. The van der Waals surface area contributed by atoms with E-state index in [2.05, 4.69) is 21.2 Å². The number of phenols is 1. The first kappa shape index (κ1) is 13.8. The number of hydrogen-bond acceptors (Lipinski definition) is 4. The summed E-state index contributed by atoms with van der Waals surface area (Å²) in [6.45, 7) is 1.02. The molecule has 0 unspecified atom stereocenters. The van der Waals surface area contributed by atoms with Crippen molar-refractivity contribution in [3.63, 3.8) is 0 Å². The van der Waals surface area contributed by atoms with Gasteiger partial charge < -0.3 is 19.9 Å². The first-order valence-electron chi connectivity index (χ1n) is 6.33. The maximum Gasteiger partial charge on any atom is 0.255 e. The molecule has 0 aromatic heterocycles. The van der Waals surface area contributed by atoms with Crippen molar-refractivity contribution in [3.8, 4) is 17.2 Å². The SMILES string of the molecule is O=C(Nc1ccc2c(c1)OCCO2)c1ccc(Br)c(O)c1. The maximum absolute atomic E-state index is 12.1. The number of nitrogens with one attached hydrogen (secondary N) is 1. The van der Waals surface area contributed by atoms with E-state index >= 15 is 0 Å². The van der Waals surface area contributed by atoms with E-state index in [1.54, 1.807) is 30.3 Å². The molecule has 3 rings (SSSR count). The first-order valence-corrected chi connectivity index (χ1v) is 7.12. The van der Waals surface area contributed by atoms with Crippen molar-refractivity contribution in [3.05, 3.63) is 46.4 Å². The first-order chi connectivity index (χ1) is 10.1. The summed E-state index contributed by atoms with van der Waals surface area (Å²) in [7, 11) is 0. The molecule has 5 nitrogen and oxygen atoms in total. The summed E-state index contributed by atoms with van der Waals surface area (Å²) in [5.74, 6) is 0.984. The number of hydrogen-bond donors (Lipinski definition) is 2. The van der Waals surface area contributed by atoms with Crippen LogP contribution in [0.3, 0.4) is 0 Å². The number of rotatable bonds is 2. The Balaban J connectivity index is 1.79. The van der Waals surface area contributed by atoms with Crippen LogP contribution >= 0.6 is 15.9 Å². The molecule has 1 aliphatic rings. The lowest BCUT2D eigenvalue weighted by Gasteiger charge is -2.19. The number of ether oxygens (including phenoxy) is 2. The normalized spacial score (nSPS) is 12.8. The van der Waals surface area contributed by atoms with Crippen LogP contribution in [0.15, 0.2) is 40.9 Å². The topological polar surface area (TPSA) is 67.8 Å². The molecular formula is C15H12BrNO4. The van der Waals surface area contributed by atoms with Crippen LogP contribution in [0.4, 0.5) is 5.69 Å². The van der Waals surface area contributed by atoms with E-state index in [0.717, 1.165) is 0 Å². The van der Waals surface area contributed by atoms with Gasteiger partial charge in [-0.2, -0.15) is 0 Å². The average Bonchev–Trinajstić information content (AvgIpc) is 2.50. The van der Waals surface area contributed by atoms with Gasteiger partial charge in [0.2, 0.25) is 0 Å². The number of fused-ring (bicyclic) bond motifs is 1. The zero-order valence-corrected chi connectivity index (χ0v) is 12.5. The Morgan fingerprint density at radius 3 is 2.62 bits per heavy atom. The number of carbonyl (C=O) groups excluding carboxylic acids is 1. The second-order valence-electron chi connectivity index (χ2n) is 4.48. The summed E-state index contributed by atoms with van der Waals surface area (Å²) in [5, 5.41) is 12.4. The molecule has 0 aliphatic carbocycles. The lowest BCUT2D eigenvalue weighted by Crippen LogP contribution is -2.16. The maximum atomic E-state index is 12.1. The highest BCUT2D eigenvalue weighted by molar-refractivity contribution is 9.10. The van der Waals surface area contributed by atoms with Crippen molar-refractivity contribution < 1.29 is 19.4 Å². The van der Waals surface area contributed by atoms with Gasteiger partial charge in [-0.1, -0.05) is 0 Å². The summed E-state index contributed by atoms with van der Waals surface area (Å²) >= 11 is 3.17. The smallest absolute Gasteiger partial charge is 0.255 e. The molecule has 0 saturated carbocycles. The van der Waals surface area contributed by atoms with Crippen molar-refractivity contribution in [2.45, 2.75) is 0 Å². The summed E-state index contributed by atoms with van der Waals surface area (Å²) in [5.41, 5.74) is 0.970. The number of benzene rings is 2. The summed E-state index contributed by atoms with van der Waals surface area (Å²) in [4.78, 5) is 12.1. The van der Waals surface area contributed by atoms with Crippen molar-refractivity contribution in [2.24, 2.45) is 0 Å². The summed E-state index contributed by atoms with van der Waals surface area (Å²) in [6.07, 6.45) is 0. The third kappa shape index (κ3) is 2.95. The zero-order valence-electron chi connectivity index (χ0n) is 10.9. The highest BCUT2D eigenvalue weighted by atomic mass is 79.9. The minimum Gasteiger partial charge on any atom is -0.507 e. The Kier molecular flexibility index (Phi) is 3.70. The fraction of sp³-hybridized carbons (Fsp3) is 0.133. The molecule has 6 heteroatoms. The number of amides is 1. The van der Waals surface area contributed by atoms with Crippen molar-refractivity contribution >= 4 is 27.5 Å². The molecule has 108 valence electrons. The lowest BCUT2D eigenvalue weighted by atomic mass is 10.2. The van der Waals surface area contributed by atoms with Crippen molar-refractivity contribution in [1.29, 1.82) is 0 Å². The predicted molar refractivity (Wildman–Crippen MR) is 81.2 cm³/mol. The average molecular weight is 350 g/mol. The summed E-state index contributed by atoms with van der Waals surface area (Å²) in [6, 6.07) is 9.85. The van der Waals surface area contributed by atoms with Crippen LogP contribution in [-0.4, -0.2) is 24.2 Å². The standard InChI is InChI=1S/C15H12BrNO4/c16-11-3-1-9(7-12(11)18)15(19)17-10-2-4-13-14(8-10)21-6-5-20-13/h1-4,7-8,18H,5-6H2,(H,17,19). The molecular weight excluding hydrogens is 338 g/mol. The number of carbonyl (C=O) groups is 1. The van der Waals surface area contributed by atoms with Gasteiger partial charge in [-0.3, -0.25) is 4.79 Å². The quantitative estimate of drug-likeness (QED) is 0.873. The molecule has 2 N–H and O–H groups in total. The monoisotopic (exact) mass is 349 g/mol. The van der Waals surface area contributed by atoms with E-state index < -0.39 is 0 Å². The van der Waals surface area contributed by atoms with E-state index in [0.29, 0.717) is 40.4 Å². The van der Waals surface area contributed by atoms with E-state index in [9.17, 15) is 9.90 Å². The molecule has 2 aromatic rings. The van der Waals surface area contributed by atoms with Gasteiger partial charge in [-0.25, -0.2) is 0 Å². The van der Waals surface area contributed by atoms with Gasteiger partial charge in [0.25, 0.3) is 5.91 Å². The zero-order chi connectivity index (χ0) is 14.8. The minimum absolute atomic E-state index is 0.0184. The van der Waals surface area contributed by atoms with E-state index in [1.807, 2.05) is 0 Å². The lowest BCUT2D eigenvalue weighted by molar-refractivity contribution is 0.102. The predicted octanol–water partition coefficient (Wildman–Crippen LogP) is 3.18. The Morgan fingerprint density at radius 1 is 1.10 bits per heavy atom.